The summed E-state index contributed by atoms with van der Waals surface area (Å²) in [6.45, 7) is 0. The number of rotatable bonds is 2. The maximum atomic E-state index is 11.5. The lowest BCUT2D eigenvalue weighted by Crippen LogP contribution is -2.40. The molecule has 1 rings (SSSR count). The molecule has 0 spiro atoms. The highest BCUT2D eigenvalue weighted by molar-refractivity contribution is 6.03. The third kappa shape index (κ3) is 2.34. The first-order valence-corrected chi connectivity index (χ1v) is 4.80. The van der Waals surface area contributed by atoms with Gasteiger partial charge in [0, 0.05) is 6.42 Å². The van der Waals surface area contributed by atoms with E-state index in [2.05, 4.69) is 9.47 Å². The van der Waals surface area contributed by atoms with E-state index in [1.54, 1.807) is 0 Å². The van der Waals surface area contributed by atoms with Crippen molar-refractivity contribution in [2.75, 3.05) is 14.2 Å². The van der Waals surface area contributed by atoms with Gasteiger partial charge in [-0.15, -0.1) is 0 Å². The Morgan fingerprint density at radius 1 is 1.20 bits per heavy atom. The smallest absolute Gasteiger partial charge is 0.317 e. The Bertz CT molecular complexity index is 276. The third-order valence-corrected chi connectivity index (χ3v) is 2.65. The number of esters is 2. The van der Waals surface area contributed by atoms with Gasteiger partial charge in [-0.3, -0.25) is 14.4 Å². The van der Waals surface area contributed by atoms with Gasteiger partial charge >= 0.3 is 11.9 Å². The predicted octanol–water partition coefficient (Wildman–Crippen LogP) is 0.318. The largest absolute Gasteiger partial charge is 0.469 e. The molecule has 1 fully saturated rings. The number of hydrogen-bond donors (Lipinski definition) is 0. The van der Waals surface area contributed by atoms with Crippen molar-refractivity contribution in [1.29, 1.82) is 0 Å². The Balaban J connectivity index is 2.86. The summed E-state index contributed by atoms with van der Waals surface area (Å²) in [5.41, 5.74) is 0. The molecule has 1 saturated carbocycles. The fraction of sp³-hybridized carbons (Fsp3) is 0.700. The van der Waals surface area contributed by atoms with E-state index in [0.717, 1.165) is 0 Å². The molecular formula is C10H14O5. The fourth-order valence-electron chi connectivity index (χ4n) is 1.87. The van der Waals surface area contributed by atoms with Crippen molar-refractivity contribution in [2.24, 2.45) is 11.8 Å². The minimum atomic E-state index is -0.976. The lowest BCUT2D eigenvalue weighted by atomic mass is 9.78. The van der Waals surface area contributed by atoms with Gasteiger partial charge in [0.2, 0.25) is 0 Å². The first kappa shape index (κ1) is 11.7. The Hall–Kier alpha value is -1.39. The van der Waals surface area contributed by atoms with E-state index < -0.39 is 23.8 Å². The first-order valence-electron chi connectivity index (χ1n) is 4.80. The van der Waals surface area contributed by atoms with Gasteiger partial charge < -0.3 is 9.47 Å². The molecule has 15 heavy (non-hydrogen) atoms. The Labute approximate surface area is 87.7 Å². The van der Waals surface area contributed by atoms with Gasteiger partial charge in [0.15, 0.2) is 0 Å². The van der Waals surface area contributed by atoms with Crippen LogP contribution in [0.1, 0.15) is 19.3 Å². The highest BCUT2D eigenvalue weighted by Crippen LogP contribution is 2.29. The topological polar surface area (TPSA) is 69.7 Å². The molecule has 0 amide bonds. The van der Waals surface area contributed by atoms with E-state index in [4.69, 9.17) is 0 Å². The second kappa shape index (κ2) is 4.91. The molecule has 1 aliphatic rings. The number of methoxy groups -OCH3 is 2. The van der Waals surface area contributed by atoms with Crippen LogP contribution < -0.4 is 0 Å². The van der Waals surface area contributed by atoms with Gasteiger partial charge in [-0.1, -0.05) is 0 Å². The number of carbonyl (C=O) groups is 3. The Kier molecular flexibility index (Phi) is 3.82. The van der Waals surface area contributed by atoms with Gasteiger partial charge in [0.1, 0.15) is 11.7 Å². The van der Waals surface area contributed by atoms with Crippen molar-refractivity contribution < 1.29 is 23.9 Å². The van der Waals surface area contributed by atoms with Crippen molar-refractivity contribution in [3.8, 4) is 0 Å². The van der Waals surface area contributed by atoms with Gasteiger partial charge in [-0.25, -0.2) is 0 Å². The van der Waals surface area contributed by atoms with Crippen molar-refractivity contribution in [2.45, 2.75) is 19.3 Å². The Morgan fingerprint density at radius 3 is 2.33 bits per heavy atom. The average molecular weight is 214 g/mol. The molecule has 2 atom stereocenters. The van der Waals surface area contributed by atoms with Crippen LogP contribution in [0.5, 0.6) is 0 Å². The number of ketones is 1. The molecule has 0 saturated heterocycles. The van der Waals surface area contributed by atoms with Gasteiger partial charge in [-0.2, -0.15) is 0 Å². The van der Waals surface area contributed by atoms with Crippen molar-refractivity contribution in [1.82, 2.24) is 0 Å². The van der Waals surface area contributed by atoms with E-state index in [0.29, 0.717) is 19.3 Å². The number of Topliss-reactive ketones (excluding diaryl/α,β-unsaturated/α-hetero) is 1. The van der Waals surface area contributed by atoms with Crippen LogP contribution in [0.25, 0.3) is 0 Å². The summed E-state index contributed by atoms with van der Waals surface area (Å²) in [6, 6.07) is 0. The molecule has 0 bridgehead atoms. The summed E-state index contributed by atoms with van der Waals surface area (Å²) < 4.78 is 9.08. The zero-order chi connectivity index (χ0) is 11.4. The van der Waals surface area contributed by atoms with E-state index in [9.17, 15) is 14.4 Å². The molecule has 0 heterocycles. The number of carbonyl (C=O) groups excluding carboxylic acids is 3. The number of hydrogen-bond acceptors (Lipinski definition) is 5. The maximum Gasteiger partial charge on any atom is 0.317 e. The molecule has 0 aromatic rings. The second-order valence-electron chi connectivity index (χ2n) is 3.49. The summed E-state index contributed by atoms with van der Waals surface area (Å²) in [5, 5.41) is 0. The van der Waals surface area contributed by atoms with Gasteiger partial charge in [0.05, 0.1) is 20.1 Å². The van der Waals surface area contributed by atoms with E-state index >= 15 is 0 Å². The minimum Gasteiger partial charge on any atom is -0.469 e. The normalized spacial score (nSPS) is 25.9. The van der Waals surface area contributed by atoms with Crippen LogP contribution in [-0.2, 0) is 23.9 Å². The lowest BCUT2D eigenvalue weighted by molar-refractivity contribution is -0.162. The molecule has 0 radical (unpaired) electrons. The van der Waals surface area contributed by atoms with E-state index in [1.165, 1.54) is 14.2 Å². The molecule has 1 aliphatic carbocycles. The molecule has 5 heteroatoms. The van der Waals surface area contributed by atoms with Gasteiger partial charge in [0.25, 0.3) is 0 Å². The monoisotopic (exact) mass is 214 g/mol. The van der Waals surface area contributed by atoms with Crippen LogP contribution in [0, 0.1) is 11.8 Å². The second-order valence-corrected chi connectivity index (χ2v) is 3.49. The van der Waals surface area contributed by atoms with Crippen molar-refractivity contribution in [3.05, 3.63) is 0 Å². The van der Waals surface area contributed by atoms with Crippen LogP contribution >= 0.6 is 0 Å². The average Bonchev–Trinajstić information content (AvgIpc) is 2.26. The molecule has 5 nitrogen and oxygen atoms in total. The summed E-state index contributed by atoms with van der Waals surface area (Å²) in [6.07, 6.45) is 1.44. The first-order chi connectivity index (χ1) is 7.11. The number of ether oxygens (including phenoxy) is 2. The van der Waals surface area contributed by atoms with Crippen molar-refractivity contribution >= 4 is 17.7 Å². The van der Waals surface area contributed by atoms with Crippen LogP contribution in [0.4, 0.5) is 0 Å². The molecule has 0 aromatic carbocycles. The predicted molar refractivity (Wildman–Crippen MR) is 49.9 cm³/mol. The van der Waals surface area contributed by atoms with Crippen molar-refractivity contribution in [3.63, 3.8) is 0 Å². The summed E-state index contributed by atoms with van der Waals surface area (Å²) in [5.74, 6) is -3.04. The lowest BCUT2D eigenvalue weighted by Gasteiger charge is -2.25. The third-order valence-electron chi connectivity index (χ3n) is 2.65. The summed E-state index contributed by atoms with van der Waals surface area (Å²) >= 11 is 0. The summed E-state index contributed by atoms with van der Waals surface area (Å²) in [4.78, 5) is 34.2. The van der Waals surface area contributed by atoms with Crippen LogP contribution in [0.2, 0.25) is 0 Å². The molecule has 0 aliphatic heterocycles. The highest BCUT2D eigenvalue weighted by Gasteiger charge is 2.42. The van der Waals surface area contributed by atoms with Crippen LogP contribution in [0.3, 0.4) is 0 Å². The van der Waals surface area contributed by atoms with Crippen LogP contribution in [0.15, 0.2) is 0 Å². The molecule has 0 N–H and O–H groups in total. The Morgan fingerprint density at radius 2 is 1.80 bits per heavy atom. The van der Waals surface area contributed by atoms with Gasteiger partial charge in [-0.05, 0) is 12.8 Å². The fourth-order valence-corrected chi connectivity index (χ4v) is 1.87. The summed E-state index contributed by atoms with van der Waals surface area (Å²) in [7, 11) is 2.45. The molecule has 84 valence electrons. The molecule has 0 unspecified atom stereocenters. The zero-order valence-corrected chi connectivity index (χ0v) is 8.82. The molecular weight excluding hydrogens is 200 g/mol. The van der Waals surface area contributed by atoms with Crippen LogP contribution in [-0.4, -0.2) is 31.9 Å². The standard InChI is InChI=1S/C10H14O5/c1-14-9(12)6-4-3-5-7(11)8(6)10(13)15-2/h6,8H,3-5H2,1-2H3/t6-,8-/m0/s1. The molecule has 0 aromatic heterocycles. The zero-order valence-electron chi connectivity index (χ0n) is 8.82. The minimum absolute atomic E-state index is 0.233. The highest BCUT2D eigenvalue weighted by atomic mass is 16.5. The SMILES string of the molecule is COC(=O)[C@@H]1C(=O)CCC[C@@H]1C(=O)OC. The van der Waals surface area contributed by atoms with E-state index in [-0.39, 0.29) is 5.78 Å². The van der Waals surface area contributed by atoms with E-state index in [1.807, 2.05) is 0 Å². The quantitative estimate of drug-likeness (QED) is 0.489. The maximum absolute atomic E-state index is 11.5.